The molecule has 0 saturated heterocycles. The van der Waals surface area contributed by atoms with Crippen LogP contribution in [0.4, 0.5) is 0 Å². The van der Waals surface area contributed by atoms with Crippen LogP contribution in [0.1, 0.15) is 16.5 Å². The number of benzene rings is 1. The van der Waals surface area contributed by atoms with E-state index in [1.165, 1.54) is 10.5 Å². The monoisotopic (exact) mass is 326 g/mol. The Balaban J connectivity index is 1.83. The lowest BCUT2D eigenvalue weighted by Crippen LogP contribution is -2.13. The maximum atomic E-state index is 10.4. The molecule has 1 aliphatic rings. The van der Waals surface area contributed by atoms with Gasteiger partial charge in [-0.05, 0) is 45.4 Å². The molecule has 1 aliphatic heterocycles. The van der Waals surface area contributed by atoms with Gasteiger partial charge in [-0.25, -0.2) is 0 Å². The molecule has 88 valence electrons. The topological polar surface area (TPSA) is 20.2 Å². The lowest BCUT2D eigenvalue weighted by molar-refractivity contribution is 0.178. The molecular formula is C13H11BrOS2. The minimum Gasteiger partial charge on any atom is -0.386 e. The Morgan fingerprint density at radius 2 is 2.12 bits per heavy atom. The first-order valence-corrected chi connectivity index (χ1v) is 7.96. The van der Waals surface area contributed by atoms with Gasteiger partial charge in [-0.15, -0.1) is 23.1 Å². The van der Waals surface area contributed by atoms with Crippen LogP contribution in [0.2, 0.25) is 0 Å². The summed E-state index contributed by atoms with van der Waals surface area (Å²) in [5, 5.41) is 12.7. The van der Waals surface area contributed by atoms with Crippen LogP contribution in [-0.2, 0) is 6.42 Å². The van der Waals surface area contributed by atoms with Gasteiger partial charge in [0.2, 0.25) is 0 Å². The fourth-order valence-electron chi connectivity index (χ4n) is 2.07. The Kier molecular flexibility index (Phi) is 3.30. The van der Waals surface area contributed by atoms with E-state index < -0.39 is 0 Å². The third-order valence-electron chi connectivity index (χ3n) is 2.94. The van der Waals surface area contributed by atoms with Gasteiger partial charge in [0.25, 0.3) is 0 Å². The third-order valence-corrected chi connectivity index (χ3v) is 6.26. The van der Waals surface area contributed by atoms with Crippen molar-refractivity contribution >= 4 is 39.0 Å². The predicted octanol–water partition coefficient (Wildman–Crippen LogP) is 4.26. The summed E-state index contributed by atoms with van der Waals surface area (Å²) in [7, 11) is 0. The molecule has 2 unspecified atom stereocenters. The highest BCUT2D eigenvalue weighted by molar-refractivity contribution is 9.10. The van der Waals surface area contributed by atoms with Gasteiger partial charge in [-0.1, -0.05) is 18.2 Å². The molecule has 1 nitrogen and oxygen atoms in total. The van der Waals surface area contributed by atoms with E-state index in [0.29, 0.717) is 0 Å². The molecule has 2 heterocycles. The SMILES string of the molecule is OC(c1sccc1Br)C1Cc2ccccc2S1. The number of hydrogen-bond donors (Lipinski definition) is 1. The average Bonchev–Trinajstić information content (AvgIpc) is 2.93. The van der Waals surface area contributed by atoms with Gasteiger partial charge in [-0.3, -0.25) is 0 Å². The number of aliphatic hydroxyl groups is 1. The van der Waals surface area contributed by atoms with Crippen LogP contribution in [0.25, 0.3) is 0 Å². The second kappa shape index (κ2) is 4.76. The third kappa shape index (κ3) is 2.19. The van der Waals surface area contributed by atoms with Crippen molar-refractivity contribution in [3.63, 3.8) is 0 Å². The smallest absolute Gasteiger partial charge is 0.102 e. The first-order chi connectivity index (χ1) is 8.25. The summed E-state index contributed by atoms with van der Waals surface area (Å²) >= 11 is 6.89. The number of aliphatic hydroxyl groups excluding tert-OH is 1. The Morgan fingerprint density at radius 1 is 1.29 bits per heavy atom. The quantitative estimate of drug-likeness (QED) is 0.889. The van der Waals surface area contributed by atoms with Gasteiger partial charge >= 0.3 is 0 Å². The minimum atomic E-state index is -0.387. The van der Waals surface area contributed by atoms with Gasteiger partial charge in [-0.2, -0.15) is 0 Å². The second-order valence-corrected chi connectivity index (χ2v) is 7.13. The maximum Gasteiger partial charge on any atom is 0.102 e. The van der Waals surface area contributed by atoms with Crippen molar-refractivity contribution in [2.75, 3.05) is 0 Å². The summed E-state index contributed by atoms with van der Waals surface area (Å²) < 4.78 is 1.02. The van der Waals surface area contributed by atoms with E-state index in [1.807, 2.05) is 11.4 Å². The molecule has 0 bridgehead atoms. The fourth-order valence-corrected chi connectivity index (χ4v) is 5.13. The molecule has 0 amide bonds. The molecule has 0 spiro atoms. The number of halogens is 1. The number of rotatable bonds is 2. The van der Waals surface area contributed by atoms with Crippen LogP contribution in [0.3, 0.4) is 0 Å². The second-order valence-electron chi connectivity index (χ2n) is 4.05. The normalized spacial score (nSPS) is 20.2. The molecule has 2 aromatic rings. The maximum absolute atomic E-state index is 10.4. The summed E-state index contributed by atoms with van der Waals surface area (Å²) in [6, 6.07) is 10.4. The van der Waals surface area contributed by atoms with Crippen LogP contribution in [0, 0.1) is 0 Å². The largest absolute Gasteiger partial charge is 0.386 e. The van der Waals surface area contributed by atoms with E-state index in [9.17, 15) is 5.11 Å². The lowest BCUT2D eigenvalue weighted by atomic mass is 10.1. The predicted molar refractivity (Wildman–Crippen MR) is 76.8 cm³/mol. The van der Waals surface area contributed by atoms with Crippen LogP contribution >= 0.6 is 39.0 Å². The Bertz CT molecular complexity index is 513. The first kappa shape index (κ1) is 11.8. The molecule has 0 fully saturated rings. The van der Waals surface area contributed by atoms with Gasteiger partial charge in [0.1, 0.15) is 6.10 Å². The van der Waals surface area contributed by atoms with E-state index in [0.717, 1.165) is 15.8 Å². The van der Waals surface area contributed by atoms with E-state index in [4.69, 9.17) is 0 Å². The number of thiophene rings is 1. The number of fused-ring (bicyclic) bond motifs is 1. The minimum absolute atomic E-state index is 0.238. The van der Waals surface area contributed by atoms with E-state index >= 15 is 0 Å². The average molecular weight is 327 g/mol. The number of thioether (sulfide) groups is 1. The Labute approximate surface area is 117 Å². The highest BCUT2D eigenvalue weighted by Crippen LogP contribution is 2.44. The molecule has 17 heavy (non-hydrogen) atoms. The van der Waals surface area contributed by atoms with Crippen molar-refractivity contribution in [1.29, 1.82) is 0 Å². The van der Waals surface area contributed by atoms with Crippen LogP contribution in [0.5, 0.6) is 0 Å². The molecular weight excluding hydrogens is 316 g/mol. The molecule has 0 aliphatic carbocycles. The molecule has 3 rings (SSSR count). The van der Waals surface area contributed by atoms with Crippen molar-refractivity contribution in [3.05, 3.63) is 50.6 Å². The van der Waals surface area contributed by atoms with Gasteiger partial charge in [0.15, 0.2) is 0 Å². The van der Waals surface area contributed by atoms with Crippen LogP contribution in [0.15, 0.2) is 45.1 Å². The van der Waals surface area contributed by atoms with Crippen LogP contribution < -0.4 is 0 Å². The highest BCUT2D eigenvalue weighted by atomic mass is 79.9. The van der Waals surface area contributed by atoms with Gasteiger partial charge in [0, 0.05) is 19.5 Å². The van der Waals surface area contributed by atoms with Gasteiger partial charge < -0.3 is 5.11 Å². The lowest BCUT2D eigenvalue weighted by Gasteiger charge is -2.16. The van der Waals surface area contributed by atoms with E-state index in [1.54, 1.807) is 23.1 Å². The Hall–Kier alpha value is -0.290. The zero-order chi connectivity index (χ0) is 11.8. The summed E-state index contributed by atoms with van der Waals surface area (Å²) in [4.78, 5) is 2.35. The highest BCUT2D eigenvalue weighted by Gasteiger charge is 2.30. The summed E-state index contributed by atoms with van der Waals surface area (Å²) in [6.07, 6.45) is 0.563. The van der Waals surface area contributed by atoms with Crippen molar-refractivity contribution < 1.29 is 5.11 Å². The number of hydrogen-bond acceptors (Lipinski definition) is 3. The zero-order valence-electron chi connectivity index (χ0n) is 8.97. The zero-order valence-corrected chi connectivity index (χ0v) is 12.2. The van der Waals surface area contributed by atoms with Crippen molar-refractivity contribution in [2.24, 2.45) is 0 Å². The van der Waals surface area contributed by atoms with Crippen molar-refractivity contribution in [2.45, 2.75) is 22.7 Å². The molecule has 0 saturated carbocycles. The molecule has 0 radical (unpaired) electrons. The van der Waals surface area contributed by atoms with Crippen molar-refractivity contribution in [1.82, 2.24) is 0 Å². The van der Waals surface area contributed by atoms with E-state index in [2.05, 4.69) is 40.2 Å². The van der Waals surface area contributed by atoms with E-state index in [-0.39, 0.29) is 11.4 Å². The molecule has 1 aromatic heterocycles. The molecule has 1 N–H and O–H groups in total. The van der Waals surface area contributed by atoms with Crippen molar-refractivity contribution in [3.8, 4) is 0 Å². The molecule has 1 aromatic carbocycles. The molecule has 4 heteroatoms. The van der Waals surface area contributed by atoms with Gasteiger partial charge in [0.05, 0.1) is 0 Å². The fraction of sp³-hybridized carbons (Fsp3) is 0.231. The summed E-state index contributed by atoms with van der Waals surface area (Å²) in [5.41, 5.74) is 1.36. The summed E-state index contributed by atoms with van der Waals surface area (Å²) in [6.45, 7) is 0. The first-order valence-electron chi connectivity index (χ1n) is 5.41. The standard InChI is InChI=1S/C13H11BrOS2/c14-9-5-6-16-13(9)12(15)11-7-8-3-1-2-4-10(8)17-11/h1-6,11-12,15H,7H2. The summed E-state index contributed by atoms with van der Waals surface area (Å²) in [5.74, 6) is 0. The van der Waals surface area contributed by atoms with Crippen LogP contribution in [-0.4, -0.2) is 10.4 Å². The molecule has 2 atom stereocenters. The Morgan fingerprint density at radius 3 is 2.82 bits per heavy atom.